The van der Waals surface area contributed by atoms with Gasteiger partial charge < -0.3 is 19.1 Å². The van der Waals surface area contributed by atoms with Crippen molar-refractivity contribution in [2.45, 2.75) is 37.6 Å². The number of methoxy groups -OCH3 is 1. The van der Waals surface area contributed by atoms with E-state index < -0.39 is 29.2 Å². The molecule has 1 aromatic rings. The molecule has 170 valence electrons. The van der Waals surface area contributed by atoms with E-state index in [1.165, 1.54) is 38.3 Å². The van der Waals surface area contributed by atoms with Crippen LogP contribution in [0, 0.1) is 10.1 Å². The fourth-order valence-corrected chi connectivity index (χ4v) is 3.99. The number of ketones is 1. The SMILES string of the molecule is COc1ccc2c(c1)[C@@H](C/C(=C\C(C)=O)N1CCOCC1)[C@H]([N+](=O)[O-])[C@H](C(F)(F)F)O2. The van der Waals surface area contributed by atoms with Crippen LogP contribution in [0.25, 0.3) is 0 Å². The Hall–Kier alpha value is -2.82. The van der Waals surface area contributed by atoms with E-state index in [-0.39, 0.29) is 23.5 Å². The summed E-state index contributed by atoms with van der Waals surface area (Å²) in [5, 5.41) is 11.8. The summed E-state index contributed by atoms with van der Waals surface area (Å²) in [4.78, 5) is 24.5. The molecule has 0 radical (unpaired) electrons. The maximum absolute atomic E-state index is 13.7. The summed E-state index contributed by atoms with van der Waals surface area (Å²) >= 11 is 0. The molecular formula is C20H23F3N2O6. The van der Waals surface area contributed by atoms with E-state index in [9.17, 15) is 28.1 Å². The Kier molecular flexibility index (Phi) is 6.73. The van der Waals surface area contributed by atoms with Crippen molar-refractivity contribution in [3.05, 3.63) is 45.6 Å². The Labute approximate surface area is 176 Å². The third kappa shape index (κ3) is 5.09. The normalized spacial score (nSPS) is 24.2. The number of hydrogen-bond acceptors (Lipinski definition) is 7. The Morgan fingerprint density at radius 2 is 2.03 bits per heavy atom. The van der Waals surface area contributed by atoms with E-state index in [0.717, 1.165) is 0 Å². The van der Waals surface area contributed by atoms with Crippen LogP contribution < -0.4 is 9.47 Å². The van der Waals surface area contributed by atoms with Crippen LogP contribution in [0.4, 0.5) is 13.2 Å². The molecule has 3 rings (SSSR count). The van der Waals surface area contributed by atoms with Gasteiger partial charge in [0.05, 0.1) is 26.2 Å². The van der Waals surface area contributed by atoms with Crippen molar-refractivity contribution >= 4 is 5.78 Å². The highest BCUT2D eigenvalue weighted by molar-refractivity contribution is 5.87. The summed E-state index contributed by atoms with van der Waals surface area (Å²) in [5.74, 6) is -1.24. The molecule has 11 heteroatoms. The minimum Gasteiger partial charge on any atom is -0.497 e. The number of fused-ring (bicyclic) bond motifs is 1. The average molecular weight is 444 g/mol. The predicted molar refractivity (Wildman–Crippen MR) is 103 cm³/mol. The van der Waals surface area contributed by atoms with E-state index in [2.05, 4.69) is 0 Å². The number of nitrogens with zero attached hydrogens (tertiary/aromatic N) is 2. The topological polar surface area (TPSA) is 91.1 Å². The lowest BCUT2D eigenvalue weighted by Gasteiger charge is -2.38. The average Bonchev–Trinajstić information content (AvgIpc) is 2.71. The first-order valence-corrected chi connectivity index (χ1v) is 9.70. The van der Waals surface area contributed by atoms with Gasteiger partial charge in [-0.25, -0.2) is 0 Å². The molecule has 0 spiro atoms. The maximum atomic E-state index is 13.7. The number of hydrogen-bond donors (Lipinski definition) is 0. The summed E-state index contributed by atoms with van der Waals surface area (Å²) < 4.78 is 56.7. The summed E-state index contributed by atoms with van der Waals surface area (Å²) in [6.07, 6.45) is -6.38. The first kappa shape index (κ1) is 22.9. The number of allylic oxidation sites excluding steroid dienone is 2. The fraction of sp³-hybridized carbons (Fsp3) is 0.550. The molecule has 0 amide bonds. The van der Waals surface area contributed by atoms with Crippen molar-refractivity contribution in [3.8, 4) is 11.5 Å². The summed E-state index contributed by atoms with van der Waals surface area (Å²) in [7, 11) is 1.39. The summed E-state index contributed by atoms with van der Waals surface area (Å²) in [5.41, 5.74) is 0.675. The number of halogens is 3. The van der Waals surface area contributed by atoms with Gasteiger partial charge in [0, 0.05) is 35.7 Å². The lowest BCUT2D eigenvalue weighted by Crippen LogP contribution is -2.53. The molecule has 0 N–H and O–H groups in total. The quantitative estimate of drug-likeness (QED) is 0.379. The van der Waals surface area contributed by atoms with Gasteiger partial charge in [0.1, 0.15) is 11.5 Å². The van der Waals surface area contributed by atoms with Gasteiger partial charge in [-0.2, -0.15) is 13.2 Å². The van der Waals surface area contributed by atoms with Crippen LogP contribution in [0.15, 0.2) is 30.0 Å². The van der Waals surface area contributed by atoms with Crippen LogP contribution in [-0.2, 0) is 9.53 Å². The third-order valence-electron chi connectivity index (χ3n) is 5.38. The molecule has 0 saturated carbocycles. The number of carbonyl (C=O) groups excluding carboxylic acids is 1. The molecule has 3 atom stereocenters. The Morgan fingerprint density at radius 3 is 2.58 bits per heavy atom. The van der Waals surface area contributed by atoms with Crippen LogP contribution >= 0.6 is 0 Å². The highest BCUT2D eigenvalue weighted by Crippen LogP contribution is 2.46. The largest absolute Gasteiger partial charge is 0.497 e. The molecule has 0 aliphatic carbocycles. The molecule has 31 heavy (non-hydrogen) atoms. The molecule has 0 bridgehead atoms. The van der Waals surface area contributed by atoms with Crippen LogP contribution in [-0.4, -0.2) is 67.3 Å². The Balaban J connectivity index is 2.10. The summed E-state index contributed by atoms with van der Waals surface area (Å²) in [6, 6.07) is 2.12. The van der Waals surface area contributed by atoms with Crippen LogP contribution in [0.5, 0.6) is 11.5 Å². The predicted octanol–water partition coefficient (Wildman–Crippen LogP) is 2.94. The number of nitro groups is 1. The molecule has 1 fully saturated rings. The zero-order chi connectivity index (χ0) is 22.8. The van der Waals surface area contributed by atoms with Gasteiger partial charge >= 0.3 is 6.18 Å². The second kappa shape index (κ2) is 9.13. The standard InChI is InChI=1S/C20H23F3N2O6/c1-12(26)9-13(24-5-7-30-8-6-24)10-16-15-11-14(29-2)3-4-17(15)31-19(20(21,22)23)18(16)25(27)28/h3-4,9,11,16,18-19H,5-8,10H2,1-2H3/b13-9+/t16-,18+,19-/m1/s1. The third-order valence-corrected chi connectivity index (χ3v) is 5.38. The first-order valence-electron chi connectivity index (χ1n) is 9.70. The van der Waals surface area contributed by atoms with Crippen LogP contribution in [0.2, 0.25) is 0 Å². The smallest absolute Gasteiger partial charge is 0.432 e. The van der Waals surface area contributed by atoms with Gasteiger partial charge in [0.2, 0.25) is 0 Å². The second-order valence-electron chi connectivity index (χ2n) is 7.42. The van der Waals surface area contributed by atoms with Crippen molar-refractivity contribution in [2.75, 3.05) is 33.4 Å². The highest BCUT2D eigenvalue weighted by Gasteiger charge is 2.59. The minimum atomic E-state index is -4.95. The van der Waals surface area contributed by atoms with Gasteiger partial charge in [-0.3, -0.25) is 14.9 Å². The van der Waals surface area contributed by atoms with E-state index in [4.69, 9.17) is 14.2 Å². The van der Waals surface area contributed by atoms with E-state index in [1.54, 1.807) is 0 Å². The van der Waals surface area contributed by atoms with E-state index in [1.807, 2.05) is 4.90 Å². The zero-order valence-corrected chi connectivity index (χ0v) is 17.1. The maximum Gasteiger partial charge on any atom is 0.432 e. The van der Waals surface area contributed by atoms with Crippen molar-refractivity contribution in [2.24, 2.45) is 0 Å². The van der Waals surface area contributed by atoms with Crippen LogP contribution in [0.3, 0.4) is 0 Å². The van der Waals surface area contributed by atoms with Gasteiger partial charge in [-0.1, -0.05) is 0 Å². The number of morpholine rings is 1. The van der Waals surface area contributed by atoms with Crippen molar-refractivity contribution < 1.29 is 37.1 Å². The first-order chi connectivity index (χ1) is 14.6. The highest BCUT2D eigenvalue weighted by atomic mass is 19.4. The molecule has 1 saturated heterocycles. The molecule has 0 unspecified atom stereocenters. The summed E-state index contributed by atoms with van der Waals surface area (Å²) in [6.45, 7) is 2.96. The van der Waals surface area contributed by atoms with E-state index in [0.29, 0.717) is 37.7 Å². The molecule has 0 aromatic heterocycles. The number of benzene rings is 1. The Bertz CT molecular complexity index is 867. The molecule has 2 heterocycles. The fourth-order valence-electron chi connectivity index (χ4n) is 3.99. The molecule has 2 aliphatic rings. The minimum absolute atomic E-state index is 0.0876. The molecule has 1 aromatic carbocycles. The van der Waals surface area contributed by atoms with Gasteiger partial charge in [-0.05, 0) is 31.2 Å². The number of rotatable bonds is 6. The molecule has 2 aliphatic heterocycles. The lowest BCUT2D eigenvalue weighted by atomic mass is 9.81. The number of carbonyl (C=O) groups is 1. The van der Waals surface area contributed by atoms with Crippen LogP contribution in [0.1, 0.15) is 24.8 Å². The Morgan fingerprint density at radius 1 is 1.35 bits per heavy atom. The van der Waals surface area contributed by atoms with Crippen molar-refractivity contribution in [1.29, 1.82) is 0 Å². The molecular weight excluding hydrogens is 421 g/mol. The monoisotopic (exact) mass is 444 g/mol. The number of alkyl halides is 3. The zero-order valence-electron chi connectivity index (χ0n) is 17.1. The lowest BCUT2D eigenvalue weighted by molar-refractivity contribution is -0.548. The number of ether oxygens (including phenoxy) is 3. The van der Waals surface area contributed by atoms with Crippen molar-refractivity contribution in [3.63, 3.8) is 0 Å². The van der Waals surface area contributed by atoms with E-state index >= 15 is 0 Å². The van der Waals surface area contributed by atoms with Gasteiger partial charge in [0.25, 0.3) is 12.1 Å². The van der Waals surface area contributed by atoms with Gasteiger partial charge in [-0.15, -0.1) is 0 Å². The second-order valence-corrected chi connectivity index (χ2v) is 7.42. The van der Waals surface area contributed by atoms with Gasteiger partial charge in [0.15, 0.2) is 5.78 Å². The van der Waals surface area contributed by atoms with Crippen molar-refractivity contribution in [1.82, 2.24) is 4.90 Å². The molecule has 8 nitrogen and oxygen atoms in total.